The Morgan fingerprint density at radius 2 is 1.07 bits per heavy atom. The van der Waals surface area contributed by atoms with Crippen molar-refractivity contribution in [2.45, 2.75) is 25.7 Å². The summed E-state index contributed by atoms with van der Waals surface area (Å²) in [5.41, 5.74) is 13.5. The first kappa shape index (κ1) is 26.0. The van der Waals surface area contributed by atoms with Crippen LogP contribution in [0.25, 0.3) is 66.5 Å². The first-order valence-corrected chi connectivity index (χ1v) is 16.1. The SMILES string of the molecule is C1=Cc2c(n(-c3ccccc3)c3ccc(C4=CC=C(c5c6ccccc6c(-c6ccccc6)c6ccccc56)CC4)cc23)CC1. The molecule has 0 saturated carbocycles. The van der Waals surface area contributed by atoms with Gasteiger partial charge in [0.25, 0.3) is 0 Å². The largest absolute Gasteiger partial charge is 0.313 e. The van der Waals surface area contributed by atoms with Gasteiger partial charge in [0, 0.05) is 22.3 Å². The summed E-state index contributed by atoms with van der Waals surface area (Å²) in [5.74, 6) is 0. The van der Waals surface area contributed by atoms with E-state index in [0.717, 1.165) is 25.7 Å². The zero-order valence-electron chi connectivity index (χ0n) is 25.2. The molecule has 0 radical (unpaired) electrons. The summed E-state index contributed by atoms with van der Waals surface area (Å²) in [6.07, 6.45) is 13.7. The Labute approximate surface area is 264 Å². The van der Waals surface area contributed by atoms with E-state index in [0.29, 0.717) is 0 Å². The molecule has 6 aromatic carbocycles. The molecule has 0 aliphatic heterocycles. The van der Waals surface area contributed by atoms with Crippen molar-refractivity contribution in [3.05, 3.63) is 168 Å². The topological polar surface area (TPSA) is 4.93 Å². The van der Waals surface area contributed by atoms with E-state index in [4.69, 9.17) is 0 Å². The van der Waals surface area contributed by atoms with Crippen LogP contribution in [0.15, 0.2) is 146 Å². The van der Waals surface area contributed by atoms with Gasteiger partial charge in [0.1, 0.15) is 0 Å². The molecule has 0 amide bonds. The Hall–Kier alpha value is -5.40. The molecule has 0 N–H and O–H groups in total. The molecule has 214 valence electrons. The minimum absolute atomic E-state index is 1.02. The molecule has 0 saturated heterocycles. The minimum Gasteiger partial charge on any atom is -0.313 e. The van der Waals surface area contributed by atoms with Crippen molar-refractivity contribution < 1.29 is 0 Å². The van der Waals surface area contributed by atoms with Crippen LogP contribution < -0.4 is 0 Å². The number of allylic oxidation sites excluding steroid dienone is 5. The number of hydrogen-bond donors (Lipinski definition) is 0. The average Bonchev–Trinajstić information content (AvgIpc) is 3.45. The van der Waals surface area contributed by atoms with Crippen molar-refractivity contribution in [3.8, 4) is 16.8 Å². The molecule has 0 bridgehead atoms. The van der Waals surface area contributed by atoms with E-state index in [1.165, 1.54) is 82.8 Å². The quantitative estimate of drug-likeness (QED) is 0.184. The number of benzene rings is 6. The first-order valence-electron chi connectivity index (χ1n) is 16.1. The van der Waals surface area contributed by atoms with Crippen LogP contribution >= 0.6 is 0 Å². The van der Waals surface area contributed by atoms with Crippen LogP contribution in [-0.2, 0) is 6.42 Å². The van der Waals surface area contributed by atoms with Crippen LogP contribution in [0.4, 0.5) is 0 Å². The summed E-state index contributed by atoms with van der Waals surface area (Å²) in [4.78, 5) is 0. The van der Waals surface area contributed by atoms with Crippen LogP contribution in [0.2, 0.25) is 0 Å². The van der Waals surface area contributed by atoms with Gasteiger partial charge in [-0.3, -0.25) is 0 Å². The predicted octanol–water partition coefficient (Wildman–Crippen LogP) is 11.8. The maximum absolute atomic E-state index is 2.47. The maximum Gasteiger partial charge on any atom is 0.0538 e. The third-order valence-electron chi connectivity index (χ3n) is 9.79. The zero-order chi connectivity index (χ0) is 29.7. The molecule has 1 nitrogen and oxygen atoms in total. The summed E-state index contributed by atoms with van der Waals surface area (Å²) in [6.45, 7) is 0. The fourth-order valence-corrected chi connectivity index (χ4v) is 7.77. The number of aromatic nitrogens is 1. The Morgan fingerprint density at radius 1 is 0.467 bits per heavy atom. The Balaban J connectivity index is 1.18. The van der Waals surface area contributed by atoms with Gasteiger partial charge in [-0.2, -0.15) is 0 Å². The number of para-hydroxylation sites is 1. The van der Waals surface area contributed by atoms with Crippen molar-refractivity contribution in [1.82, 2.24) is 4.57 Å². The van der Waals surface area contributed by atoms with Crippen molar-refractivity contribution in [3.63, 3.8) is 0 Å². The standard InChI is InChI=1S/C44H33N/c1-3-13-31(14-4-1)43-36-18-7-9-20-38(36)44(39-21-10-8-19-37(39)43)32-25-23-30(24-26-32)33-27-28-42-40(29-33)35-17-11-12-22-41(35)45(42)34-15-5-2-6-16-34/h1-11,13-21,23,25,27-29H,12,22,24,26H2. The monoisotopic (exact) mass is 575 g/mol. The smallest absolute Gasteiger partial charge is 0.0538 e. The van der Waals surface area contributed by atoms with E-state index >= 15 is 0 Å². The van der Waals surface area contributed by atoms with Gasteiger partial charge >= 0.3 is 0 Å². The van der Waals surface area contributed by atoms with E-state index in [1.807, 2.05) is 0 Å². The van der Waals surface area contributed by atoms with Gasteiger partial charge in [0.05, 0.1) is 5.52 Å². The van der Waals surface area contributed by atoms with Crippen LogP contribution in [0.3, 0.4) is 0 Å². The highest BCUT2D eigenvalue weighted by atomic mass is 15.0. The lowest BCUT2D eigenvalue weighted by Gasteiger charge is -2.21. The van der Waals surface area contributed by atoms with E-state index < -0.39 is 0 Å². The number of hydrogen-bond acceptors (Lipinski definition) is 0. The highest BCUT2D eigenvalue weighted by Crippen LogP contribution is 2.44. The molecule has 2 aliphatic carbocycles. The molecule has 1 heterocycles. The molecule has 7 aromatic rings. The van der Waals surface area contributed by atoms with E-state index in [2.05, 4.69) is 156 Å². The average molecular weight is 576 g/mol. The van der Waals surface area contributed by atoms with Gasteiger partial charge in [0.15, 0.2) is 0 Å². The highest BCUT2D eigenvalue weighted by Gasteiger charge is 2.22. The van der Waals surface area contributed by atoms with Gasteiger partial charge in [-0.1, -0.05) is 127 Å². The second-order valence-corrected chi connectivity index (χ2v) is 12.3. The fourth-order valence-electron chi connectivity index (χ4n) is 7.77. The van der Waals surface area contributed by atoms with Gasteiger partial charge in [0.2, 0.25) is 0 Å². The molecule has 1 heteroatoms. The maximum atomic E-state index is 2.47. The lowest BCUT2D eigenvalue weighted by molar-refractivity contribution is 0.888. The zero-order valence-corrected chi connectivity index (χ0v) is 25.2. The summed E-state index contributed by atoms with van der Waals surface area (Å²) in [7, 11) is 0. The molecular formula is C44H33N. The van der Waals surface area contributed by atoms with Crippen molar-refractivity contribution >= 4 is 49.7 Å². The van der Waals surface area contributed by atoms with E-state index in [-0.39, 0.29) is 0 Å². The van der Waals surface area contributed by atoms with Gasteiger partial charge in [-0.05, 0) is 105 Å². The molecule has 0 unspecified atom stereocenters. The second kappa shape index (κ2) is 10.6. The van der Waals surface area contributed by atoms with E-state index in [9.17, 15) is 0 Å². The fraction of sp³-hybridized carbons (Fsp3) is 0.0909. The molecule has 0 fully saturated rings. The predicted molar refractivity (Wildman–Crippen MR) is 193 cm³/mol. The Morgan fingerprint density at radius 3 is 1.73 bits per heavy atom. The Bertz CT molecular complexity index is 2290. The molecule has 9 rings (SSSR count). The summed E-state index contributed by atoms with van der Waals surface area (Å²) >= 11 is 0. The molecule has 2 aliphatic rings. The molecule has 1 aromatic heterocycles. The third kappa shape index (κ3) is 4.23. The third-order valence-corrected chi connectivity index (χ3v) is 9.79. The highest BCUT2D eigenvalue weighted by molar-refractivity contribution is 6.19. The van der Waals surface area contributed by atoms with Crippen molar-refractivity contribution in [2.24, 2.45) is 0 Å². The number of nitrogens with zero attached hydrogens (tertiary/aromatic N) is 1. The normalized spacial score (nSPS) is 14.5. The molecule has 0 spiro atoms. The van der Waals surface area contributed by atoms with Gasteiger partial charge in [-0.15, -0.1) is 0 Å². The number of fused-ring (bicyclic) bond motifs is 5. The van der Waals surface area contributed by atoms with Crippen molar-refractivity contribution in [2.75, 3.05) is 0 Å². The van der Waals surface area contributed by atoms with Crippen LogP contribution in [0.1, 0.15) is 41.6 Å². The Kier molecular flexibility index (Phi) is 6.16. The summed E-state index contributed by atoms with van der Waals surface area (Å²) < 4.78 is 2.47. The van der Waals surface area contributed by atoms with E-state index in [1.54, 1.807) is 0 Å². The van der Waals surface area contributed by atoms with Gasteiger partial charge in [-0.25, -0.2) is 0 Å². The second-order valence-electron chi connectivity index (χ2n) is 12.3. The summed E-state index contributed by atoms with van der Waals surface area (Å²) in [5, 5.41) is 6.66. The lowest BCUT2D eigenvalue weighted by Crippen LogP contribution is -2.02. The van der Waals surface area contributed by atoms with Crippen LogP contribution in [0.5, 0.6) is 0 Å². The molecular weight excluding hydrogens is 542 g/mol. The van der Waals surface area contributed by atoms with Gasteiger partial charge < -0.3 is 4.57 Å². The van der Waals surface area contributed by atoms with Crippen molar-refractivity contribution in [1.29, 1.82) is 0 Å². The van der Waals surface area contributed by atoms with Crippen LogP contribution in [0, 0.1) is 0 Å². The van der Waals surface area contributed by atoms with Crippen LogP contribution in [-0.4, -0.2) is 4.57 Å². The lowest BCUT2D eigenvalue weighted by atomic mass is 9.82. The molecule has 45 heavy (non-hydrogen) atoms. The number of rotatable bonds is 4. The summed E-state index contributed by atoms with van der Waals surface area (Å²) in [6, 6.07) is 46.7. The molecule has 0 atom stereocenters. The first-order chi connectivity index (χ1) is 22.3. The minimum atomic E-state index is 1.02.